The van der Waals surface area contributed by atoms with Gasteiger partial charge in [0, 0.05) is 16.1 Å². The summed E-state index contributed by atoms with van der Waals surface area (Å²) >= 11 is 6.29. The Hall–Kier alpha value is -2.99. The zero-order chi connectivity index (χ0) is 19.0. The summed E-state index contributed by atoms with van der Waals surface area (Å²) in [4.78, 5) is 17.4. The molecule has 2 heterocycles. The van der Waals surface area contributed by atoms with Crippen LogP contribution in [0.25, 0.3) is 5.69 Å². The number of carbonyl (C=O) groups excluding carboxylic acids is 1. The van der Waals surface area contributed by atoms with Crippen LogP contribution < -0.4 is 0 Å². The summed E-state index contributed by atoms with van der Waals surface area (Å²) in [5, 5.41) is 8.96. The molecule has 1 aromatic heterocycles. The number of aliphatic imine (C=N–C) groups is 1. The molecule has 27 heavy (non-hydrogen) atoms. The fourth-order valence-electron chi connectivity index (χ4n) is 3.21. The lowest BCUT2D eigenvalue weighted by Gasteiger charge is -2.12. The molecule has 1 atom stereocenters. The number of benzene rings is 2. The standard InChI is InChI=1S/C20H17ClN4O2/c1-3-27-20(26)18-19-24-23-12(2)25(19)16-10-9-14(21)11-15(16)17(22-18)13-7-5-4-6-8-13/h4-11,18H,3H2,1-2H3/t18-/m0/s1. The summed E-state index contributed by atoms with van der Waals surface area (Å²) in [5.74, 6) is 0.631. The Morgan fingerprint density at radius 2 is 1.96 bits per heavy atom. The van der Waals surface area contributed by atoms with Gasteiger partial charge in [0.05, 0.1) is 18.0 Å². The van der Waals surface area contributed by atoms with Crippen molar-refractivity contribution in [3.05, 3.63) is 76.3 Å². The van der Waals surface area contributed by atoms with Gasteiger partial charge in [0.1, 0.15) is 5.82 Å². The van der Waals surface area contributed by atoms with Gasteiger partial charge >= 0.3 is 5.97 Å². The van der Waals surface area contributed by atoms with Crippen molar-refractivity contribution in [1.82, 2.24) is 14.8 Å². The monoisotopic (exact) mass is 380 g/mol. The van der Waals surface area contributed by atoms with E-state index in [9.17, 15) is 4.79 Å². The molecular weight excluding hydrogens is 364 g/mol. The molecule has 6 nitrogen and oxygen atoms in total. The second-order valence-electron chi connectivity index (χ2n) is 6.10. The number of aromatic nitrogens is 3. The van der Waals surface area contributed by atoms with Crippen molar-refractivity contribution in [2.24, 2.45) is 4.99 Å². The Morgan fingerprint density at radius 3 is 2.70 bits per heavy atom. The van der Waals surface area contributed by atoms with Crippen molar-refractivity contribution in [2.45, 2.75) is 19.9 Å². The van der Waals surface area contributed by atoms with E-state index in [0.717, 1.165) is 16.8 Å². The molecule has 0 saturated carbocycles. The first-order valence-electron chi connectivity index (χ1n) is 8.62. The van der Waals surface area contributed by atoms with Crippen LogP contribution in [-0.2, 0) is 9.53 Å². The number of aryl methyl sites for hydroxylation is 1. The first kappa shape index (κ1) is 17.4. The number of esters is 1. The topological polar surface area (TPSA) is 69.4 Å². The Morgan fingerprint density at radius 1 is 1.19 bits per heavy atom. The second kappa shape index (κ2) is 6.96. The van der Waals surface area contributed by atoms with Gasteiger partial charge in [0.15, 0.2) is 5.82 Å². The van der Waals surface area contributed by atoms with Crippen LogP contribution in [0.3, 0.4) is 0 Å². The number of hydrogen-bond acceptors (Lipinski definition) is 5. The number of fused-ring (bicyclic) bond motifs is 3. The van der Waals surface area contributed by atoms with Gasteiger partial charge in [-0.1, -0.05) is 41.9 Å². The smallest absolute Gasteiger partial charge is 0.338 e. The Bertz CT molecular complexity index is 1040. The maximum absolute atomic E-state index is 12.7. The van der Waals surface area contributed by atoms with Crippen LogP contribution >= 0.6 is 11.6 Å². The minimum Gasteiger partial charge on any atom is -0.464 e. The molecule has 4 rings (SSSR count). The summed E-state index contributed by atoms with van der Waals surface area (Å²) in [7, 11) is 0. The van der Waals surface area contributed by atoms with E-state index in [1.165, 1.54) is 0 Å². The Kier molecular flexibility index (Phi) is 4.49. The molecule has 0 radical (unpaired) electrons. The van der Waals surface area contributed by atoms with Crippen LogP contribution in [0, 0.1) is 6.92 Å². The Balaban J connectivity index is 2.03. The average Bonchev–Trinajstić information content (AvgIpc) is 2.97. The number of carbonyl (C=O) groups is 1. The molecule has 0 fully saturated rings. The first-order chi connectivity index (χ1) is 13.1. The molecule has 0 amide bonds. The molecule has 0 unspecified atom stereocenters. The van der Waals surface area contributed by atoms with Crippen molar-refractivity contribution in [3.63, 3.8) is 0 Å². The van der Waals surface area contributed by atoms with Crippen molar-refractivity contribution in [1.29, 1.82) is 0 Å². The second-order valence-corrected chi connectivity index (χ2v) is 6.54. The van der Waals surface area contributed by atoms with Crippen LogP contribution in [0.15, 0.2) is 53.5 Å². The summed E-state index contributed by atoms with van der Waals surface area (Å²) in [6.07, 6.45) is 0. The third kappa shape index (κ3) is 3.02. The SMILES string of the molecule is CCOC(=O)[C@H]1N=C(c2ccccc2)c2cc(Cl)ccc2-n2c(C)nnc21. The number of nitrogens with zero attached hydrogens (tertiary/aromatic N) is 4. The lowest BCUT2D eigenvalue weighted by atomic mass is 10.0. The summed E-state index contributed by atoms with van der Waals surface area (Å²) in [6, 6.07) is 14.3. The molecule has 1 aliphatic rings. The summed E-state index contributed by atoms with van der Waals surface area (Å²) in [5.41, 5.74) is 3.18. The minimum absolute atomic E-state index is 0.261. The zero-order valence-corrected chi connectivity index (χ0v) is 15.6. The van der Waals surface area contributed by atoms with Crippen LogP contribution in [0.4, 0.5) is 0 Å². The summed E-state index contributed by atoms with van der Waals surface area (Å²) < 4.78 is 7.10. The van der Waals surface area contributed by atoms with Gasteiger partial charge in [-0.3, -0.25) is 9.56 Å². The highest BCUT2D eigenvalue weighted by atomic mass is 35.5. The highest BCUT2D eigenvalue weighted by molar-refractivity contribution is 6.31. The van der Waals surface area contributed by atoms with Gasteiger partial charge in [-0.05, 0) is 32.0 Å². The van der Waals surface area contributed by atoms with E-state index in [-0.39, 0.29) is 6.61 Å². The fraction of sp³-hybridized carbons (Fsp3) is 0.200. The minimum atomic E-state index is -0.910. The lowest BCUT2D eigenvalue weighted by Crippen LogP contribution is -2.18. The van der Waals surface area contributed by atoms with Crippen LogP contribution in [0.2, 0.25) is 5.02 Å². The molecule has 7 heteroatoms. The average molecular weight is 381 g/mol. The quantitative estimate of drug-likeness (QED) is 0.650. The van der Waals surface area contributed by atoms with Gasteiger partial charge in [-0.15, -0.1) is 10.2 Å². The van der Waals surface area contributed by atoms with Crippen LogP contribution in [0.1, 0.15) is 35.7 Å². The van der Waals surface area contributed by atoms with Crippen molar-refractivity contribution in [2.75, 3.05) is 6.61 Å². The molecular formula is C20H17ClN4O2. The number of ether oxygens (including phenoxy) is 1. The van der Waals surface area contributed by atoms with Crippen LogP contribution in [-0.4, -0.2) is 33.1 Å². The lowest BCUT2D eigenvalue weighted by molar-refractivity contribution is -0.144. The van der Waals surface area contributed by atoms with Crippen LogP contribution in [0.5, 0.6) is 0 Å². The van der Waals surface area contributed by atoms with E-state index >= 15 is 0 Å². The van der Waals surface area contributed by atoms with E-state index < -0.39 is 12.0 Å². The highest BCUT2D eigenvalue weighted by Gasteiger charge is 2.33. The molecule has 2 aromatic carbocycles. The predicted octanol–water partition coefficient (Wildman–Crippen LogP) is 3.68. The maximum atomic E-state index is 12.7. The van der Waals surface area contributed by atoms with Crippen molar-refractivity contribution < 1.29 is 9.53 Å². The van der Waals surface area contributed by atoms with E-state index in [2.05, 4.69) is 10.2 Å². The zero-order valence-electron chi connectivity index (χ0n) is 14.9. The predicted molar refractivity (Wildman–Crippen MR) is 103 cm³/mol. The largest absolute Gasteiger partial charge is 0.464 e. The molecule has 0 bridgehead atoms. The summed E-state index contributed by atoms with van der Waals surface area (Å²) in [6.45, 7) is 3.86. The molecule has 0 N–H and O–H groups in total. The Labute approximate surface area is 161 Å². The van der Waals surface area contributed by atoms with Gasteiger partial charge in [0.25, 0.3) is 0 Å². The van der Waals surface area contributed by atoms with E-state index in [0.29, 0.717) is 22.4 Å². The van der Waals surface area contributed by atoms with Crippen molar-refractivity contribution >= 4 is 23.3 Å². The molecule has 1 aliphatic heterocycles. The number of halogens is 1. The van der Waals surface area contributed by atoms with Gasteiger partial charge in [0.2, 0.25) is 6.04 Å². The van der Waals surface area contributed by atoms with Crippen molar-refractivity contribution in [3.8, 4) is 5.69 Å². The molecule has 0 aliphatic carbocycles. The van der Waals surface area contributed by atoms with Gasteiger partial charge in [-0.2, -0.15) is 0 Å². The highest BCUT2D eigenvalue weighted by Crippen LogP contribution is 2.32. The first-order valence-corrected chi connectivity index (χ1v) is 9.00. The van der Waals surface area contributed by atoms with E-state index in [1.807, 2.05) is 54.0 Å². The molecule has 0 spiro atoms. The fourth-order valence-corrected chi connectivity index (χ4v) is 3.38. The third-order valence-corrected chi connectivity index (χ3v) is 4.60. The van der Waals surface area contributed by atoms with Gasteiger partial charge in [-0.25, -0.2) is 4.79 Å². The molecule has 3 aromatic rings. The number of rotatable bonds is 3. The maximum Gasteiger partial charge on any atom is 0.338 e. The molecule has 136 valence electrons. The van der Waals surface area contributed by atoms with E-state index in [1.54, 1.807) is 13.0 Å². The number of hydrogen-bond donors (Lipinski definition) is 0. The normalized spacial score (nSPS) is 15.4. The molecule has 0 saturated heterocycles. The van der Waals surface area contributed by atoms with Gasteiger partial charge < -0.3 is 4.74 Å². The third-order valence-electron chi connectivity index (χ3n) is 4.36. The van der Waals surface area contributed by atoms with E-state index in [4.69, 9.17) is 21.3 Å².